The second kappa shape index (κ2) is 4.56. The fourth-order valence-corrected chi connectivity index (χ4v) is 0.973. The zero-order chi connectivity index (χ0) is 8.81. The van der Waals surface area contributed by atoms with Crippen LogP contribution in [-0.4, -0.2) is 17.9 Å². The third kappa shape index (κ3) is 2.75. The van der Waals surface area contributed by atoms with Crippen molar-refractivity contribution in [2.24, 2.45) is 0 Å². The van der Waals surface area contributed by atoms with Gasteiger partial charge in [-0.25, -0.2) is 5.43 Å². The van der Waals surface area contributed by atoms with Gasteiger partial charge in [0.25, 0.3) is 0 Å². The van der Waals surface area contributed by atoms with E-state index in [1.54, 1.807) is 7.05 Å². The van der Waals surface area contributed by atoms with Gasteiger partial charge in [0.2, 0.25) is 5.91 Å². The standard InChI is InChI=1S/C8H13N3O/c1-9-11-8(12)5-4-7-3-2-6-10-7/h2-3,6,9-10H,4-5H2,1H3,(H,11,12). The lowest BCUT2D eigenvalue weighted by Crippen LogP contribution is -2.34. The molecule has 12 heavy (non-hydrogen) atoms. The Balaban J connectivity index is 2.22. The summed E-state index contributed by atoms with van der Waals surface area (Å²) in [6, 6.07) is 3.89. The second-order valence-electron chi connectivity index (χ2n) is 2.49. The van der Waals surface area contributed by atoms with Crippen LogP contribution in [0, 0.1) is 0 Å². The molecule has 0 aliphatic rings. The zero-order valence-corrected chi connectivity index (χ0v) is 7.05. The summed E-state index contributed by atoms with van der Waals surface area (Å²) in [5.74, 6) is 0.00657. The number of H-pyrrole nitrogens is 1. The third-order valence-corrected chi connectivity index (χ3v) is 1.55. The van der Waals surface area contributed by atoms with Crippen molar-refractivity contribution in [2.75, 3.05) is 7.05 Å². The lowest BCUT2D eigenvalue weighted by molar-refractivity contribution is -0.121. The van der Waals surface area contributed by atoms with Gasteiger partial charge in [-0.1, -0.05) is 0 Å². The number of nitrogens with one attached hydrogen (secondary N) is 3. The lowest BCUT2D eigenvalue weighted by atomic mass is 10.2. The van der Waals surface area contributed by atoms with Crippen LogP contribution in [0.25, 0.3) is 0 Å². The highest BCUT2D eigenvalue weighted by Crippen LogP contribution is 1.98. The maximum absolute atomic E-state index is 11.0. The van der Waals surface area contributed by atoms with Crippen molar-refractivity contribution in [3.8, 4) is 0 Å². The summed E-state index contributed by atoms with van der Waals surface area (Å²) < 4.78 is 0. The molecule has 0 aromatic carbocycles. The largest absolute Gasteiger partial charge is 0.365 e. The van der Waals surface area contributed by atoms with E-state index in [-0.39, 0.29) is 5.91 Å². The molecule has 0 fully saturated rings. The van der Waals surface area contributed by atoms with E-state index in [0.717, 1.165) is 12.1 Å². The average molecular weight is 167 g/mol. The van der Waals surface area contributed by atoms with E-state index in [1.165, 1.54) is 0 Å². The second-order valence-corrected chi connectivity index (χ2v) is 2.49. The number of rotatable bonds is 4. The number of amides is 1. The van der Waals surface area contributed by atoms with Crippen LogP contribution >= 0.6 is 0 Å². The molecule has 0 atom stereocenters. The van der Waals surface area contributed by atoms with Crippen LogP contribution in [0.3, 0.4) is 0 Å². The van der Waals surface area contributed by atoms with Crippen LogP contribution in [0.15, 0.2) is 18.3 Å². The SMILES string of the molecule is CNNC(=O)CCc1ccc[nH]1. The molecule has 4 heteroatoms. The van der Waals surface area contributed by atoms with Crippen LogP contribution in [0.4, 0.5) is 0 Å². The Bertz CT molecular complexity index is 230. The van der Waals surface area contributed by atoms with Gasteiger partial charge < -0.3 is 4.98 Å². The number of aryl methyl sites for hydroxylation is 1. The van der Waals surface area contributed by atoms with Crippen molar-refractivity contribution >= 4 is 5.91 Å². The van der Waals surface area contributed by atoms with Crippen molar-refractivity contribution < 1.29 is 4.79 Å². The van der Waals surface area contributed by atoms with Gasteiger partial charge in [-0.2, -0.15) is 0 Å². The Hall–Kier alpha value is -1.29. The zero-order valence-electron chi connectivity index (χ0n) is 7.05. The van der Waals surface area contributed by atoms with Gasteiger partial charge in [-0.05, 0) is 18.6 Å². The molecule has 1 aromatic heterocycles. The summed E-state index contributed by atoms with van der Waals surface area (Å²) in [6.45, 7) is 0. The first kappa shape index (κ1) is 8.80. The summed E-state index contributed by atoms with van der Waals surface area (Å²) >= 11 is 0. The van der Waals surface area contributed by atoms with E-state index < -0.39 is 0 Å². The summed E-state index contributed by atoms with van der Waals surface area (Å²) in [7, 11) is 1.67. The van der Waals surface area contributed by atoms with E-state index >= 15 is 0 Å². The highest BCUT2D eigenvalue weighted by molar-refractivity contribution is 5.75. The molecule has 0 aliphatic carbocycles. The lowest BCUT2D eigenvalue weighted by Gasteiger charge is -2.00. The highest BCUT2D eigenvalue weighted by Gasteiger charge is 1.99. The number of hydrogen-bond donors (Lipinski definition) is 3. The topological polar surface area (TPSA) is 56.9 Å². The molecule has 0 unspecified atom stereocenters. The van der Waals surface area contributed by atoms with Crippen molar-refractivity contribution in [1.29, 1.82) is 0 Å². The molecule has 0 bridgehead atoms. The summed E-state index contributed by atoms with van der Waals surface area (Å²) in [6.07, 6.45) is 3.10. The van der Waals surface area contributed by atoms with Crippen molar-refractivity contribution in [3.63, 3.8) is 0 Å². The first-order valence-electron chi connectivity index (χ1n) is 3.91. The molecule has 1 aromatic rings. The van der Waals surface area contributed by atoms with Gasteiger partial charge >= 0.3 is 0 Å². The van der Waals surface area contributed by atoms with Crippen LogP contribution in [0.5, 0.6) is 0 Å². The van der Waals surface area contributed by atoms with Gasteiger partial charge in [-0.3, -0.25) is 10.2 Å². The van der Waals surface area contributed by atoms with E-state index in [1.807, 2.05) is 18.3 Å². The predicted octanol–water partition coefficient (Wildman–Crippen LogP) is 0.198. The van der Waals surface area contributed by atoms with Gasteiger partial charge in [0, 0.05) is 25.4 Å². The smallest absolute Gasteiger partial charge is 0.234 e. The first-order valence-corrected chi connectivity index (χ1v) is 3.91. The van der Waals surface area contributed by atoms with Crippen LogP contribution < -0.4 is 10.9 Å². The number of hydrazine groups is 1. The summed E-state index contributed by atoms with van der Waals surface area (Å²) in [4.78, 5) is 14.0. The minimum absolute atomic E-state index is 0.00657. The number of aromatic amines is 1. The minimum Gasteiger partial charge on any atom is -0.365 e. The molecule has 0 saturated heterocycles. The Morgan fingerprint density at radius 2 is 2.50 bits per heavy atom. The van der Waals surface area contributed by atoms with E-state index in [9.17, 15) is 4.79 Å². The van der Waals surface area contributed by atoms with Gasteiger partial charge in [0.15, 0.2) is 0 Å². The predicted molar refractivity (Wildman–Crippen MR) is 46.3 cm³/mol. The monoisotopic (exact) mass is 167 g/mol. The van der Waals surface area contributed by atoms with Gasteiger partial charge in [-0.15, -0.1) is 0 Å². The molecule has 0 aliphatic heterocycles. The number of aromatic nitrogens is 1. The molecule has 66 valence electrons. The molecule has 0 saturated carbocycles. The quantitative estimate of drug-likeness (QED) is 0.561. The summed E-state index contributed by atoms with van der Waals surface area (Å²) in [5.41, 5.74) is 6.18. The van der Waals surface area contributed by atoms with Crippen LogP contribution in [-0.2, 0) is 11.2 Å². The molecular formula is C8H13N3O. The molecule has 4 nitrogen and oxygen atoms in total. The minimum atomic E-state index is 0.00657. The molecule has 3 N–H and O–H groups in total. The Morgan fingerprint density at radius 1 is 1.67 bits per heavy atom. The molecule has 1 amide bonds. The van der Waals surface area contributed by atoms with Crippen molar-refractivity contribution in [1.82, 2.24) is 15.8 Å². The normalized spacial score (nSPS) is 9.75. The number of carbonyl (C=O) groups excluding carboxylic acids is 1. The fourth-order valence-electron chi connectivity index (χ4n) is 0.973. The maximum atomic E-state index is 11.0. The highest BCUT2D eigenvalue weighted by atomic mass is 16.2. The first-order chi connectivity index (χ1) is 5.83. The van der Waals surface area contributed by atoms with Gasteiger partial charge in [0.1, 0.15) is 0 Å². The van der Waals surface area contributed by atoms with E-state index in [0.29, 0.717) is 6.42 Å². The molecular weight excluding hydrogens is 154 g/mol. The Morgan fingerprint density at radius 3 is 3.08 bits per heavy atom. The molecule has 0 radical (unpaired) electrons. The van der Waals surface area contributed by atoms with Crippen molar-refractivity contribution in [3.05, 3.63) is 24.0 Å². The average Bonchev–Trinajstić information content (AvgIpc) is 2.53. The number of carbonyl (C=O) groups is 1. The summed E-state index contributed by atoms with van der Waals surface area (Å²) in [5, 5.41) is 0. The Labute approximate surface area is 71.3 Å². The van der Waals surface area contributed by atoms with E-state index in [2.05, 4.69) is 15.8 Å². The fraction of sp³-hybridized carbons (Fsp3) is 0.375. The third-order valence-electron chi connectivity index (χ3n) is 1.55. The Kier molecular flexibility index (Phi) is 3.35. The van der Waals surface area contributed by atoms with Crippen LogP contribution in [0.2, 0.25) is 0 Å². The maximum Gasteiger partial charge on any atom is 0.234 e. The number of hydrogen-bond acceptors (Lipinski definition) is 2. The molecule has 1 heterocycles. The molecule has 0 spiro atoms. The van der Waals surface area contributed by atoms with Crippen LogP contribution in [0.1, 0.15) is 12.1 Å². The molecule has 1 rings (SSSR count). The van der Waals surface area contributed by atoms with Crippen molar-refractivity contribution in [2.45, 2.75) is 12.8 Å². The van der Waals surface area contributed by atoms with Gasteiger partial charge in [0.05, 0.1) is 0 Å². The van der Waals surface area contributed by atoms with E-state index in [4.69, 9.17) is 0 Å².